The monoisotopic (exact) mass is 352 g/mol. The van der Waals surface area contributed by atoms with Gasteiger partial charge in [-0.1, -0.05) is 18.2 Å². The van der Waals surface area contributed by atoms with Crippen molar-refractivity contribution in [3.63, 3.8) is 0 Å². The predicted octanol–water partition coefficient (Wildman–Crippen LogP) is 1.65. The van der Waals surface area contributed by atoms with E-state index >= 15 is 0 Å². The molecule has 6 nitrogen and oxygen atoms in total. The average molecular weight is 352 g/mol. The first-order valence-corrected chi connectivity index (χ1v) is 8.42. The SMILES string of the molecule is COCC[C@@]1(C(=O)O)CCCN(CC(=O)NCc2ccccc2F)C1. The quantitative estimate of drug-likeness (QED) is 0.744. The number of nitrogens with one attached hydrogen (secondary N) is 1. The van der Waals surface area contributed by atoms with Gasteiger partial charge in [-0.15, -0.1) is 0 Å². The molecule has 1 heterocycles. The lowest BCUT2D eigenvalue weighted by atomic mass is 9.77. The Morgan fingerprint density at radius 3 is 2.84 bits per heavy atom. The summed E-state index contributed by atoms with van der Waals surface area (Å²) < 4.78 is 18.6. The summed E-state index contributed by atoms with van der Waals surface area (Å²) in [5.41, 5.74) is -0.449. The molecule has 0 aromatic heterocycles. The molecule has 7 heteroatoms. The van der Waals surface area contributed by atoms with Gasteiger partial charge >= 0.3 is 5.97 Å². The molecule has 1 atom stereocenters. The number of nitrogens with zero attached hydrogens (tertiary/aromatic N) is 1. The average Bonchev–Trinajstić information content (AvgIpc) is 2.59. The van der Waals surface area contributed by atoms with Crippen LogP contribution in [0.3, 0.4) is 0 Å². The number of carboxylic acids is 1. The molecule has 1 saturated heterocycles. The topological polar surface area (TPSA) is 78.9 Å². The van der Waals surface area contributed by atoms with Crippen LogP contribution in [-0.4, -0.2) is 55.2 Å². The molecule has 1 fully saturated rings. The summed E-state index contributed by atoms with van der Waals surface area (Å²) in [6.07, 6.45) is 1.72. The van der Waals surface area contributed by atoms with Gasteiger partial charge in [-0.05, 0) is 31.9 Å². The maximum atomic E-state index is 13.6. The summed E-state index contributed by atoms with van der Waals surface area (Å²) in [7, 11) is 1.55. The van der Waals surface area contributed by atoms with Crippen LogP contribution in [0.1, 0.15) is 24.8 Å². The van der Waals surface area contributed by atoms with E-state index in [-0.39, 0.29) is 24.8 Å². The van der Waals surface area contributed by atoms with Gasteiger partial charge in [0, 0.05) is 32.4 Å². The molecule has 2 rings (SSSR count). The van der Waals surface area contributed by atoms with E-state index in [9.17, 15) is 19.1 Å². The Bertz CT molecular complexity index is 610. The smallest absolute Gasteiger partial charge is 0.311 e. The van der Waals surface area contributed by atoms with E-state index in [4.69, 9.17) is 4.74 Å². The van der Waals surface area contributed by atoms with E-state index in [0.717, 1.165) is 6.42 Å². The number of amides is 1. The fourth-order valence-corrected chi connectivity index (χ4v) is 3.24. The third-order valence-corrected chi connectivity index (χ3v) is 4.70. The highest BCUT2D eigenvalue weighted by molar-refractivity contribution is 5.78. The molecule has 138 valence electrons. The van der Waals surface area contributed by atoms with E-state index in [1.165, 1.54) is 6.07 Å². The van der Waals surface area contributed by atoms with Crippen LogP contribution < -0.4 is 5.32 Å². The standard InChI is InChI=1S/C18H25FN2O4/c1-25-10-8-18(17(23)24)7-4-9-21(13-18)12-16(22)20-11-14-5-2-3-6-15(14)19/h2-3,5-6H,4,7-13H2,1H3,(H,20,22)(H,23,24)/t18-/m0/s1. The molecule has 0 unspecified atom stereocenters. The van der Waals surface area contributed by atoms with Crippen molar-refractivity contribution in [2.45, 2.75) is 25.8 Å². The number of hydrogen-bond acceptors (Lipinski definition) is 4. The van der Waals surface area contributed by atoms with E-state index < -0.39 is 11.4 Å². The largest absolute Gasteiger partial charge is 0.481 e. The maximum absolute atomic E-state index is 13.6. The molecule has 0 bridgehead atoms. The fraction of sp³-hybridized carbons (Fsp3) is 0.556. The zero-order valence-corrected chi connectivity index (χ0v) is 14.5. The van der Waals surface area contributed by atoms with Crippen molar-refractivity contribution < 1.29 is 23.8 Å². The van der Waals surface area contributed by atoms with Gasteiger partial charge in [0.2, 0.25) is 5.91 Å². The minimum Gasteiger partial charge on any atom is -0.481 e. The Labute approximate surface area is 147 Å². The molecule has 1 amide bonds. The molecule has 0 spiro atoms. The van der Waals surface area contributed by atoms with Crippen molar-refractivity contribution in [3.8, 4) is 0 Å². The number of ether oxygens (including phenoxy) is 1. The van der Waals surface area contributed by atoms with Gasteiger partial charge in [0.05, 0.1) is 12.0 Å². The van der Waals surface area contributed by atoms with E-state index in [1.54, 1.807) is 25.3 Å². The highest BCUT2D eigenvalue weighted by atomic mass is 19.1. The van der Waals surface area contributed by atoms with Crippen LogP contribution in [0, 0.1) is 11.2 Å². The summed E-state index contributed by atoms with van der Waals surface area (Å²) in [5, 5.41) is 12.3. The zero-order chi connectivity index (χ0) is 18.3. The van der Waals surface area contributed by atoms with Crippen LogP contribution in [0.15, 0.2) is 24.3 Å². The molecule has 2 N–H and O–H groups in total. The lowest BCUT2D eigenvalue weighted by molar-refractivity contribution is -0.154. The number of carbonyl (C=O) groups excluding carboxylic acids is 1. The molecule has 1 aliphatic rings. The number of aliphatic carboxylic acids is 1. The van der Waals surface area contributed by atoms with E-state index in [2.05, 4.69) is 5.32 Å². The Morgan fingerprint density at radius 2 is 2.16 bits per heavy atom. The highest BCUT2D eigenvalue weighted by Crippen LogP contribution is 2.33. The minimum absolute atomic E-state index is 0.108. The summed E-state index contributed by atoms with van der Waals surface area (Å²) in [6, 6.07) is 6.28. The van der Waals surface area contributed by atoms with Crippen LogP contribution in [0.5, 0.6) is 0 Å². The number of hydrogen-bond donors (Lipinski definition) is 2. The molecule has 25 heavy (non-hydrogen) atoms. The van der Waals surface area contributed by atoms with Crippen molar-refractivity contribution in [2.75, 3.05) is 33.4 Å². The second kappa shape index (κ2) is 8.92. The van der Waals surface area contributed by atoms with Crippen molar-refractivity contribution in [1.29, 1.82) is 0 Å². The maximum Gasteiger partial charge on any atom is 0.311 e. The molecule has 0 saturated carbocycles. The van der Waals surface area contributed by atoms with Crippen molar-refractivity contribution in [2.24, 2.45) is 5.41 Å². The number of carboxylic acid groups (broad SMARTS) is 1. The summed E-state index contributed by atoms with van der Waals surface area (Å²) in [6.45, 7) is 1.59. The van der Waals surface area contributed by atoms with Crippen LogP contribution in [0.25, 0.3) is 0 Å². The minimum atomic E-state index is -0.875. The van der Waals surface area contributed by atoms with Gasteiger partial charge in [0.25, 0.3) is 0 Å². The number of carbonyl (C=O) groups is 2. The third-order valence-electron chi connectivity index (χ3n) is 4.70. The van der Waals surface area contributed by atoms with Crippen molar-refractivity contribution in [1.82, 2.24) is 10.2 Å². The van der Waals surface area contributed by atoms with Crippen LogP contribution in [0.4, 0.5) is 4.39 Å². The molecular formula is C18H25FN2O4. The molecular weight excluding hydrogens is 327 g/mol. The van der Waals surface area contributed by atoms with Gasteiger partial charge in [-0.3, -0.25) is 14.5 Å². The zero-order valence-electron chi connectivity index (χ0n) is 14.5. The van der Waals surface area contributed by atoms with Gasteiger partial charge in [-0.2, -0.15) is 0 Å². The molecule has 0 aliphatic carbocycles. The van der Waals surface area contributed by atoms with Gasteiger partial charge in [0.1, 0.15) is 5.82 Å². The highest BCUT2D eigenvalue weighted by Gasteiger charge is 2.42. The molecule has 1 aromatic rings. The van der Waals surface area contributed by atoms with Crippen LogP contribution in [-0.2, 0) is 20.9 Å². The number of methoxy groups -OCH3 is 1. The number of likely N-dealkylation sites (tertiary alicyclic amines) is 1. The summed E-state index contributed by atoms with van der Waals surface area (Å²) >= 11 is 0. The first-order valence-electron chi connectivity index (χ1n) is 8.42. The van der Waals surface area contributed by atoms with Gasteiger partial charge < -0.3 is 15.2 Å². The molecule has 1 aromatic carbocycles. The fourth-order valence-electron chi connectivity index (χ4n) is 3.24. The number of halogens is 1. The van der Waals surface area contributed by atoms with E-state index in [1.807, 2.05) is 4.90 Å². The predicted molar refractivity (Wildman–Crippen MR) is 90.5 cm³/mol. The van der Waals surface area contributed by atoms with Crippen LogP contribution in [0.2, 0.25) is 0 Å². The Hall–Kier alpha value is -1.99. The molecule has 0 radical (unpaired) electrons. The summed E-state index contributed by atoms with van der Waals surface area (Å²) in [4.78, 5) is 25.7. The molecule has 1 aliphatic heterocycles. The Kier molecular flexibility index (Phi) is 6.90. The normalized spacial score (nSPS) is 21.0. The summed E-state index contributed by atoms with van der Waals surface area (Å²) in [5.74, 6) is -1.44. The van der Waals surface area contributed by atoms with Gasteiger partial charge in [0.15, 0.2) is 0 Å². The van der Waals surface area contributed by atoms with Crippen molar-refractivity contribution >= 4 is 11.9 Å². The number of rotatable bonds is 8. The van der Waals surface area contributed by atoms with Crippen LogP contribution >= 0.6 is 0 Å². The lowest BCUT2D eigenvalue weighted by Gasteiger charge is -2.39. The third kappa shape index (κ3) is 5.24. The Balaban J connectivity index is 1.89. The second-order valence-corrected chi connectivity index (χ2v) is 6.51. The number of piperidine rings is 1. The number of benzene rings is 1. The Morgan fingerprint density at radius 1 is 1.40 bits per heavy atom. The second-order valence-electron chi connectivity index (χ2n) is 6.51. The van der Waals surface area contributed by atoms with Gasteiger partial charge in [-0.25, -0.2) is 4.39 Å². The first kappa shape index (κ1) is 19.3. The van der Waals surface area contributed by atoms with E-state index in [0.29, 0.717) is 38.1 Å². The first-order chi connectivity index (χ1) is 12.0. The lowest BCUT2D eigenvalue weighted by Crippen LogP contribution is -2.50. The van der Waals surface area contributed by atoms with Crippen molar-refractivity contribution in [3.05, 3.63) is 35.6 Å².